The summed E-state index contributed by atoms with van der Waals surface area (Å²) >= 11 is 0. The quantitative estimate of drug-likeness (QED) is 0.547. The van der Waals surface area contributed by atoms with Crippen molar-refractivity contribution in [3.05, 3.63) is 30.3 Å². The molecule has 0 radical (unpaired) electrons. The van der Waals surface area contributed by atoms with Gasteiger partial charge in [-0.15, -0.1) is 12.4 Å². The minimum atomic E-state index is -3.53. The van der Waals surface area contributed by atoms with E-state index in [4.69, 9.17) is 0 Å². The summed E-state index contributed by atoms with van der Waals surface area (Å²) in [7, 11) is -3.53. The fourth-order valence-corrected chi connectivity index (χ4v) is 2.72. The summed E-state index contributed by atoms with van der Waals surface area (Å²) in [4.78, 5) is 11.7. The Morgan fingerprint density at radius 3 is 2.36 bits per heavy atom. The molecule has 0 aliphatic heterocycles. The normalized spacial score (nSPS) is 10.8. The average molecular weight is 350 g/mol. The lowest BCUT2D eigenvalue weighted by Gasteiger charge is -2.08. The number of sulfonamides is 1. The zero-order valence-corrected chi connectivity index (χ0v) is 14.3. The van der Waals surface area contributed by atoms with Crippen LogP contribution in [-0.2, 0) is 14.8 Å². The van der Waals surface area contributed by atoms with Crippen molar-refractivity contribution in [1.29, 1.82) is 0 Å². The molecule has 3 N–H and O–H groups in total. The maximum absolute atomic E-state index is 11.9. The van der Waals surface area contributed by atoms with E-state index in [-0.39, 0.29) is 36.2 Å². The summed E-state index contributed by atoms with van der Waals surface area (Å²) in [5.41, 5.74) is 0. The summed E-state index contributed by atoms with van der Waals surface area (Å²) < 4.78 is 26.2. The molecule has 0 saturated heterocycles. The third-order valence-electron chi connectivity index (χ3n) is 2.75. The SMILES string of the molecule is CCCNCCNC(=O)CCNS(=O)(=O)c1ccccc1.Cl. The van der Waals surface area contributed by atoms with Crippen LogP contribution in [0.15, 0.2) is 35.2 Å². The van der Waals surface area contributed by atoms with Crippen molar-refractivity contribution >= 4 is 28.3 Å². The van der Waals surface area contributed by atoms with Crippen molar-refractivity contribution in [3.63, 3.8) is 0 Å². The van der Waals surface area contributed by atoms with E-state index in [9.17, 15) is 13.2 Å². The standard InChI is InChI=1S/C14H23N3O3S.ClH/c1-2-9-15-11-12-16-14(18)8-10-17-21(19,20)13-6-4-3-5-7-13;/h3-7,15,17H,2,8-12H2,1H3,(H,16,18);1H. The van der Waals surface area contributed by atoms with E-state index < -0.39 is 10.0 Å². The van der Waals surface area contributed by atoms with Crippen molar-refractivity contribution in [2.24, 2.45) is 0 Å². The number of amides is 1. The van der Waals surface area contributed by atoms with Crippen LogP contribution in [0.25, 0.3) is 0 Å². The van der Waals surface area contributed by atoms with Crippen molar-refractivity contribution < 1.29 is 13.2 Å². The second-order valence-corrected chi connectivity index (χ2v) is 6.33. The van der Waals surface area contributed by atoms with Gasteiger partial charge in [0.1, 0.15) is 0 Å². The maximum atomic E-state index is 11.9. The van der Waals surface area contributed by atoms with Gasteiger partial charge in [-0.2, -0.15) is 0 Å². The zero-order valence-electron chi connectivity index (χ0n) is 12.7. The second-order valence-electron chi connectivity index (χ2n) is 4.56. The van der Waals surface area contributed by atoms with Crippen LogP contribution in [0.4, 0.5) is 0 Å². The molecule has 126 valence electrons. The molecule has 0 heterocycles. The van der Waals surface area contributed by atoms with Crippen LogP contribution in [0.3, 0.4) is 0 Å². The number of halogens is 1. The summed E-state index contributed by atoms with van der Waals surface area (Å²) in [6, 6.07) is 8.10. The van der Waals surface area contributed by atoms with Crippen molar-refractivity contribution in [1.82, 2.24) is 15.4 Å². The monoisotopic (exact) mass is 349 g/mol. The lowest BCUT2D eigenvalue weighted by molar-refractivity contribution is -0.120. The lowest BCUT2D eigenvalue weighted by atomic mass is 10.4. The molecule has 8 heteroatoms. The highest BCUT2D eigenvalue weighted by molar-refractivity contribution is 7.89. The highest BCUT2D eigenvalue weighted by Crippen LogP contribution is 2.06. The van der Waals surface area contributed by atoms with Gasteiger partial charge in [0.2, 0.25) is 15.9 Å². The predicted molar refractivity (Wildman–Crippen MR) is 89.7 cm³/mol. The van der Waals surface area contributed by atoms with Crippen LogP contribution >= 0.6 is 12.4 Å². The molecule has 0 atom stereocenters. The third kappa shape index (κ3) is 8.33. The Kier molecular flexibility index (Phi) is 10.8. The van der Waals surface area contributed by atoms with Crippen LogP contribution in [0, 0.1) is 0 Å². The first kappa shape index (κ1) is 20.9. The van der Waals surface area contributed by atoms with E-state index in [2.05, 4.69) is 22.3 Å². The van der Waals surface area contributed by atoms with Crippen molar-refractivity contribution in [2.45, 2.75) is 24.7 Å². The van der Waals surface area contributed by atoms with Gasteiger partial charge in [-0.1, -0.05) is 25.1 Å². The molecule has 0 saturated carbocycles. The fourth-order valence-electron chi connectivity index (χ4n) is 1.66. The van der Waals surface area contributed by atoms with Gasteiger partial charge in [0.25, 0.3) is 0 Å². The van der Waals surface area contributed by atoms with E-state index in [1.165, 1.54) is 12.1 Å². The Morgan fingerprint density at radius 1 is 1.05 bits per heavy atom. The largest absolute Gasteiger partial charge is 0.355 e. The molecule has 0 bridgehead atoms. The first-order valence-corrected chi connectivity index (χ1v) is 8.56. The Labute approximate surface area is 138 Å². The molecule has 1 rings (SSSR count). The first-order chi connectivity index (χ1) is 10.1. The molecular formula is C14H24ClN3O3S. The molecule has 22 heavy (non-hydrogen) atoms. The van der Waals surface area contributed by atoms with Crippen LogP contribution in [0.1, 0.15) is 19.8 Å². The molecule has 1 aromatic carbocycles. The van der Waals surface area contributed by atoms with E-state index >= 15 is 0 Å². The van der Waals surface area contributed by atoms with E-state index in [0.29, 0.717) is 6.54 Å². The number of carbonyl (C=O) groups excluding carboxylic acids is 1. The second kappa shape index (κ2) is 11.4. The number of carbonyl (C=O) groups is 1. The van der Waals surface area contributed by atoms with Gasteiger partial charge in [0.15, 0.2) is 0 Å². The van der Waals surface area contributed by atoms with E-state index in [1.807, 2.05) is 0 Å². The number of hydrogen-bond acceptors (Lipinski definition) is 4. The van der Waals surface area contributed by atoms with Gasteiger partial charge in [0.05, 0.1) is 4.90 Å². The van der Waals surface area contributed by atoms with Crippen molar-refractivity contribution in [3.8, 4) is 0 Å². The Balaban J connectivity index is 0.00000441. The number of rotatable bonds is 10. The molecule has 6 nitrogen and oxygen atoms in total. The third-order valence-corrected chi connectivity index (χ3v) is 4.23. The van der Waals surface area contributed by atoms with Crippen molar-refractivity contribution in [2.75, 3.05) is 26.2 Å². The molecule has 1 amide bonds. The molecule has 0 spiro atoms. The molecule has 0 aliphatic rings. The average Bonchev–Trinajstić information content (AvgIpc) is 2.48. The highest BCUT2D eigenvalue weighted by atomic mass is 35.5. The topological polar surface area (TPSA) is 87.3 Å². The Hall–Kier alpha value is -1.15. The summed E-state index contributed by atoms with van der Waals surface area (Å²) in [6.07, 6.45) is 1.18. The van der Waals surface area contributed by atoms with Gasteiger partial charge in [-0.3, -0.25) is 4.79 Å². The molecule has 0 aliphatic carbocycles. The molecule has 0 unspecified atom stereocenters. The first-order valence-electron chi connectivity index (χ1n) is 7.08. The molecule has 1 aromatic rings. The number of hydrogen-bond donors (Lipinski definition) is 3. The van der Waals surface area contributed by atoms with E-state index in [1.54, 1.807) is 18.2 Å². The summed E-state index contributed by atoms with van der Waals surface area (Å²) in [5, 5.41) is 5.90. The van der Waals surface area contributed by atoms with Crippen LogP contribution < -0.4 is 15.4 Å². The van der Waals surface area contributed by atoms with Crippen LogP contribution in [-0.4, -0.2) is 40.5 Å². The summed E-state index contributed by atoms with van der Waals surface area (Å²) in [6.45, 7) is 4.35. The van der Waals surface area contributed by atoms with Gasteiger partial charge in [0, 0.05) is 26.1 Å². The minimum absolute atomic E-state index is 0. The molecule has 0 fully saturated rings. The maximum Gasteiger partial charge on any atom is 0.240 e. The van der Waals surface area contributed by atoms with Gasteiger partial charge < -0.3 is 10.6 Å². The predicted octanol–water partition coefficient (Wildman–Crippen LogP) is 0.893. The highest BCUT2D eigenvalue weighted by Gasteiger charge is 2.13. The Morgan fingerprint density at radius 2 is 1.73 bits per heavy atom. The van der Waals surface area contributed by atoms with E-state index in [0.717, 1.165) is 19.5 Å². The van der Waals surface area contributed by atoms with Crippen LogP contribution in [0.2, 0.25) is 0 Å². The smallest absolute Gasteiger partial charge is 0.240 e. The van der Waals surface area contributed by atoms with Gasteiger partial charge in [-0.05, 0) is 25.1 Å². The minimum Gasteiger partial charge on any atom is -0.355 e. The fraction of sp³-hybridized carbons (Fsp3) is 0.500. The van der Waals surface area contributed by atoms with Crippen LogP contribution in [0.5, 0.6) is 0 Å². The summed E-state index contributed by atoms with van der Waals surface area (Å²) in [5.74, 6) is -0.163. The molecule has 0 aromatic heterocycles. The molecular weight excluding hydrogens is 326 g/mol. The van der Waals surface area contributed by atoms with Gasteiger partial charge in [-0.25, -0.2) is 13.1 Å². The number of nitrogens with one attached hydrogen (secondary N) is 3. The Bertz CT molecular complexity index is 523. The number of benzene rings is 1. The lowest BCUT2D eigenvalue weighted by Crippen LogP contribution is -2.34. The van der Waals surface area contributed by atoms with Gasteiger partial charge >= 0.3 is 0 Å². The zero-order chi connectivity index (χ0) is 15.6.